The second-order valence-electron chi connectivity index (χ2n) is 5.16. The van der Waals surface area contributed by atoms with Crippen LogP contribution in [0.25, 0.3) is 0 Å². The molecule has 0 spiro atoms. The quantitative estimate of drug-likeness (QED) is 0.769. The van der Waals surface area contributed by atoms with Gasteiger partial charge in [-0.2, -0.15) is 0 Å². The normalized spacial score (nSPS) is 22.6. The SMILES string of the molecule is Clc1cc(N2CCC(N3CCCC3)CC2)ncn1. The van der Waals surface area contributed by atoms with Crippen molar-refractivity contribution in [3.8, 4) is 0 Å². The van der Waals surface area contributed by atoms with E-state index in [0.717, 1.165) is 24.9 Å². The number of anilines is 1. The van der Waals surface area contributed by atoms with Crippen molar-refractivity contribution < 1.29 is 0 Å². The Morgan fingerprint density at radius 3 is 2.44 bits per heavy atom. The van der Waals surface area contributed by atoms with E-state index >= 15 is 0 Å². The van der Waals surface area contributed by atoms with Gasteiger partial charge in [-0.1, -0.05) is 11.6 Å². The van der Waals surface area contributed by atoms with Crippen molar-refractivity contribution in [2.75, 3.05) is 31.1 Å². The Morgan fingerprint density at radius 2 is 1.78 bits per heavy atom. The van der Waals surface area contributed by atoms with Gasteiger partial charge in [0.25, 0.3) is 0 Å². The van der Waals surface area contributed by atoms with Gasteiger partial charge in [0, 0.05) is 25.2 Å². The van der Waals surface area contributed by atoms with Crippen LogP contribution in [0.4, 0.5) is 5.82 Å². The zero-order valence-electron chi connectivity index (χ0n) is 10.6. The number of piperidine rings is 1. The first-order chi connectivity index (χ1) is 8.83. The minimum absolute atomic E-state index is 0.529. The van der Waals surface area contributed by atoms with E-state index < -0.39 is 0 Å². The summed E-state index contributed by atoms with van der Waals surface area (Å²) in [5.41, 5.74) is 0. The van der Waals surface area contributed by atoms with E-state index in [1.807, 2.05) is 6.07 Å². The zero-order chi connectivity index (χ0) is 12.4. The van der Waals surface area contributed by atoms with Crippen molar-refractivity contribution in [3.63, 3.8) is 0 Å². The van der Waals surface area contributed by atoms with Crippen LogP contribution in [-0.4, -0.2) is 47.1 Å². The molecule has 0 amide bonds. The largest absolute Gasteiger partial charge is 0.356 e. The first kappa shape index (κ1) is 12.2. The van der Waals surface area contributed by atoms with E-state index in [0.29, 0.717) is 5.15 Å². The highest BCUT2D eigenvalue weighted by Gasteiger charge is 2.26. The molecule has 5 heteroatoms. The van der Waals surface area contributed by atoms with Gasteiger partial charge in [0.1, 0.15) is 17.3 Å². The van der Waals surface area contributed by atoms with Crippen LogP contribution in [0, 0.1) is 0 Å². The smallest absolute Gasteiger partial charge is 0.134 e. The summed E-state index contributed by atoms with van der Waals surface area (Å²) in [7, 11) is 0. The fraction of sp³-hybridized carbons (Fsp3) is 0.692. The van der Waals surface area contributed by atoms with E-state index in [1.165, 1.54) is 38.8 Å². The monoisotopic (exact) mass is 266 g/mol. The van der Waals surface area contributed by atoms with Gasteiger partial charge in [0.15, 0.2) is 0 Å². The van der Waals surface area contributed by atoms with Gasteiger partial charge < -0.3 is 9.80 Å². The van der Waals surface area contributed by atoms with Crippen LogP contribution in [0.5, 0.6) is 0 Å². The third kappa shape index (κ3) is 2.59. The highest BCUT2D eigenvalue weighted by atomic mass is 35.5. The third-order valence-electron chi connectivity index (χ3n) is 4.06. The summed E-state index contributed by atoms with van der Waals surface area (Å²) in [5.74, 6) is 0.967. The molecule has 4 nitrogen and oxygen atoms in total. The molecule has 0 saturated carbocycles. The molecule has 3 rings (SSSR count). The van der Waals surface area contributed by atoms with E-state index in [9.17, 15) is 0 Å². The van der Waals surface area contributed by atoms with Crippen molar-refractivity contribution in [3.05, 3.63) is 17.5 Å². The number of likely N-dealkylation sites (tertiary alicyclic amines) is 1. The van der Waals surface area contributed by atoms with Gasteiger partial charge in [0.2, 0.25) is 0 Å². The van der Waals surface area contributed by atoms with Crippen molar-refractivity contribution in [1.82, 2.24) is 14.9 Å². The Morgan fingerprint density at radius 1 is 1.06 bits per heavy atom. The highest BCUT2D eigenvalue weighted by Crippen LogP contribution is 2.24. The molecule has 98 valence electrons. The first-order valence-corrected chi connectivity index (χ1v) is 7.17. The molecule has 1 aromatic heterocycles. The molecule has 2 fully saturated rings. The van der Waals surface area contributed by atoms with Crippen LogP contribution in [0.3, 0.4) is 0 Å². The molecule has 0 N–H and O–H groups in total. The predicted octanol–water partition coefficient (Wildman–Crippen LogP) is 2.19. The van der Waals surface area contributed by atoms with Crippen LogP contribution in [0.2, 0.25) is 5.15 Å². The molecule has 2 aliphatic rings. The van der Waals surface area contributed by atoms with Gasteiger partial charge in [0.05, 0.1) is 0 Å². The molecule has 0 radical (unpaired) electrons. The number of hydrogen-bond acceptors (Lipinski definition) is 4. The molecule has 0 bridgehead atoms. The predicted molar refractivity (Wildman–Crippen MR) is 73.1 cm³/mol. The summed E-state index contributed by atoms with van der Waals surface area (Å²) >= 11 is 5.91. The highest BCUT2D eigenvalue weighted by molar-refractivity contribution is 6.29. The second-order valence-corrected chi connectivity index (χ2v) is 5.55. The summed E-state index contributed by atoms with van der Waals surface area (Å²) < 4.78 is 0. The molecular weight excluding hydrogens is 248 g/mol. The fourth-order valence-electron chi connectivity index (χ4n) is 3.06. The number of hydrogen-bond donors (Lipinski definition) is 0. The maximum absolute atomic E-state index is 5.91. The van der Waals surface area contributed by atoms with E-state index in [4.69, 9.17) is 11.6 Å². The van der Waals surface area contributed by atoms with Crippen LogP contribution >= 0.6 is 11.6 Å². The lowest BCUT2D eigenvalue weighted by molar-refractivity contribution is 0.207. The summed E-state index contributed by atoms with van der Waals surface area (Å²) in [6, 6.07) is 2.64. The number of rotatable bonds is 2. The molecule has 0 aliphatic carbocycles. The minimum atomic E-state index is 0.529. The number of aromatic nitrogens is 2. The van der Waals surface area contributed by atoms with Crippen LogP contribution in [0.15, 0.2) is 12.4 Å². The van der Waals surface area contributed by atoms with Gasteiger partial charge >= 0.3 is 0 Å². The fourth-order valence-corrected chi connectivity index (χ4v) is 3.21. The van der Waals surface area contributed by atoms with Gasteiger partial charge in [-0.05, 0) is 38.8 Å². The Kier molecular flexibility index (Phi) is 3.66. The minimum Gasteiger partial charge on any atom is -0.356 e. The van der Waals surface area contributed by atoms with Crippen molar-refractivity contribution in [2.45, 2.75) is 31.7 Å². The van der Waals surface area contributed by atoms with E-state index in [1.54, 1.807) is 6.33 Å². The standard InChI is InChI=1S/C13H19ClN4/c14-12-9-13(16-10-15-12)18-7-3-11(4-8-18)17-5-1-2-6-17/h9-11H,1-8H2. The summed E-state index contributed by atoms with van der Waals surface area (Å²) in [6.45, 7) is 4.75. The van der Waals surface area contributed by atoms with Crippen LogP contribution in [0.1, 0.15) is 25.7 Å². The van der Waals surface area contributed by atoms with E-state index in [2.05, 4.69) is 19.8 Å². The maximum Gasteiger partial charge on any atom is 0.134 e. The molecule has 1 aromatic rings. The molecule has 0 aromatic carbocycles. The Hall–Kier alpha value is -0.870. The lowest BCUT2D eigenvalue weighted by Gasteiger charge is -2.37. The second kappa shape index (κ2) is 5.41. The van der Waals surface area contributed by atoms with E-state index in [-0.39, 0.29) is 0 Å². The molecular formula is C13H19ClN4. The zero-order valence-corrected chi connectivity index (χ0v) is 11.3. The van der Waals surface area contributed by atoms with Crippen molar-refractivity contribution in [1.29, 1.82) is 0 Å². The Balaban J connectivity index is 1.59. The molecule has 18 heavy (non-hydrogen) atoms. The Bertz CT molecular complexity index is 398. The number of halogens is 1. The van der Waals surface area contributed by atoms with Gasteiger partial charge in [-0.15, -0.1) is 0 Å². The topological polar surface area (TPSA) is 32.3 Å². The molecule has 2 saturated heterocycles. The summed E-state index contributed by atoms with van der Waals surface area (Å²) in [4.78, 5) is 13.2. The van der Waals surface area contributed by atoms with Gasteiger partial charge in [-0.25, -0.2) is 9.97 Å². The van der Waals surface area contributed by atoms with Crippen molar-refractivity contribution in [2.24, 2.45) is 0 Å². The summed E-state index contributed by atoms with van der Waals surface area (Å²) in [6.07, 6.45) is 6.77. The molecule has 3 heterocycles. The average Bonchev–Trinajstić information content (AvgIpc) is 2.93. The molecule has 0 atom stereocenters. The first-order valence-electron chi connectivity index (χ1n) is 6.79. The van der Waals surface area contributed by atoms with Gasteiger partial charge in [-0.3, -0.25) is 0 Å². The van der Waals surface area contributed by atoms with Crippen molar-refractivity contribution >= 4 is 17.4 Å². The molecule has 0 unspecified atom stereocenters. The lowest BCUT2D eigenvalue weighted by atomic mass is 10.0. The van der Waals surface area contributed by atoms with Crippen LogP contribution in [-0.2, 0) is 0 Å². The Labute approximate surface area is 113 Å². The summed E-state index contributed by atoms with van der Waals surface area (Å²) in [5, 5.41) is 0.529. The molecule has 2 aliphatic heterocycles. The average molecular weight is 267 g/mol. The lowest BCUT2D eigenvalue weighted by Crippen LogP contribution is -2.44. The maximum atomic E-state index is 5.91. The number of nitrogens with zero attached hydrogens (tertiary/aromatic N) is 4. The third-order valence-corrected chi connectivity index (χ3v) is 4.27. The van der Waals surface area contributed by atoms with Crippen LogP contribution < -0.4 is 4.90 Å².